The summed E-state index contributed by atoms with van der Waals surface area (Å²) in [5.74, 6) is 0. The average Bonchev–Trinajstić information content (AvgIpc) is 3.84. The van der Waals surface area contributed by atoms with Crippen LogP contribution in [0.5, 0.6) is 0 Å². The van der Waals surface area contributed by atoms with Gasteiger partial charge in [0.1, 0.15) is 0 Å². The number of anilines is 2. The maximum atomic E-state index is 4.26. The minimum atomic E-state index is -0.465. The molecule has 62 heavy (non-hydrogen) atoms. The van der Waals surface area contributed by atoms with Crippen molar-refractivity contribution in [1.29, 1.82) is 0 Å². The number of hydrogen-bond donors (Lipinski definition) is 0. The van der Waals surface area contributed by atoms with Crippen LogP contribution in [-0.2, 0) is 5.41 Å². The third kappa shape index (κ3) is 5.72. The fraction of sp³-hybridized carbons (Fsp3) is 0.0333. The van der Waals surface area contributed by atoms with Crippen molar-refractivity contribution in [3.05, 3.63) is 271 Å². The SMILES string of the molecule is C=C/C(=C\C=C/C)N(c1ccccc1)c1ccccc1-c1ccc2c3ccc4ccccc4c3n(-c3ccc4c(c3)-c3ccccc3C4(c3ccccc3)c3ccccc3)c2c1. The highest BCUT2D eigenvalue weighted by Crippen LogP contribution is 2.56. The molecule has 0 saturated carbocycles. The smallest absolute Gasteiger partial charge is 0.0713 e. The fourth-order valence-corrected chi connectivity index (χ4v) is 10.1. The Hall–Kier alpha value is -7.94. The van der Waals surface area contributed by atoms with E-state index < -0.39 is 5.41 Å². The van der Waals surface area contributed by atoms with Crippen LogP contribution in [0.2, 0.25) is 0 Å². The van der Waals surface area contributed by atoms with Gasteiger partial charge in [0.15, 0.2) is 0 Å². The van der Waals surface area contributed by atoms with E-state index in [1.54, 1.807) is 0 Å². The van der Waals surface area contributed by atoms with E-state index in [4.69, 9.17) is 0 Å². The van der Waals surface area contributed by atoms with Gasteiger partial charge in [0.2, 0.25) is 0 Å². The molecule has 0 aliphatic heterocycles. The molecule has 1 heterocycles. The first kappa shape index (κ1) is 37.1. The van der Waals surface area contributed by atoms with Crippen molar-refractivity contribution in [2.45, 2.75) is 12.3 Å². The van der Waals surface area contributed by atoms with Gasteiger partial charge in [-0.2, -0.15) is 0 Å². The van der Waals surface area contributed by atoms with E-state index >= 15 is 0 Å². The monoisotopic (exact) mass is 792 g/mol. The average molecular weight is 793 g/mol. The lowest BCUT2D eigenvalue weighted by Crippen LogP contribution is -2.28. The van der Waals surface area contributed by atoms with Crippen molar-refractivity contribution in [2.24, 2.45) is 0 Å². The highest BCUT2D eigenvalue weighted by atomic mass is 15.1. The van der Waals surface area contributed by atoms with Gasteiger partial charge in [-0.15, -0.1) is 0 Å². The van der Waals surface area contributed by atoms with Crippen molar-refractivity contribution in [2.75, 3.05) is 4.90 Å². The lowest BCUT2D eigenvalue weighted by Gasteiger charge is -2.33. The summed E-state index contributed by atoms with van der Waals surface area (Å²) in [7, 11) is 0. The van der Waals surface area contributed by atoms with Crippen LogP contribution in [0.1, 0.15) is 29.2 Å². The van der Waals surface area contributed by atoms with Gasteiger partial charge in [-0.25, -0.2) is 0 Å². The standard InChI is InChI=1S/C60H44N2/c1-3-5-26-46(4-2)61(47-27-13-8-14-28-47)57-33-20-18-29-49(57)43-35-37-52-53-38-34-42-21-15-16-30-50(42)59(53)62(58(52)40-43)48-36-39-56-54(41-48)51-31-17-19-32-55(51)60(56,44-22-9-6-10-23-44)45-24-11-7-12-25-45/h3-41H,2H2,1H3/b5-3-,46-26+. The first-order chi connectivity index (χ1) is 30.7. The molecular formula is C60H44N2. The van der Waals surface area contributed by atoms with Gasteiger partial charge in [0, 0.05) is 38.8 Å². The second-order valence-electron chi connectivity index (χ2n) is 16.0. The Morgan fingerprint density at radius 3 is 1.90 bits per heavy atom. The van der Waals surface area contributed by atoms with E-state index in [2.05, 4.69) is 247 Å². The Labute approximate surface area is 363 Å². The summed E-state index contributed by atoms with van der Waals surface area (Å²) in [6.45, 7) is 6.30. The van der Waals surface area contributed by atoms with Gasteiger partial charge in [-0.05, 0) is 99.8 Å². The molecule has 11 rings (SSSR count). The molecule has 2 heteroatoms. The number of fused-ring (bicyclic) bond motifs is 8. The first-order valence-corrected chi connectivity index (χ1v) is 21.4. The second kappa shape index (κ2) is 15.3. The molecule has 10 aromatic rings. The number of rotatable bonds is 9. The molecule has 0 spiro atoms. The zero-order chi connectivity index (χ0) is 41.6. The van der Waals surface area contributed by atoms with Gasteiger partial charge < -0.3 is 9.47 Å². The van der Waals surface area contributed by atoms with Crippen molar-refractivity contribution < 1.29 is 0 Å². The molecule has 0 atom stereocenters. The number of para-hydroxylation sites is 2. The summed E-state index contributed by atoms with van der Waals surface area (Å²) in [5, 5.41) is 4.90. The van der Waals surface area contributed by atoms with Crippen LogP contribution in [0.15, 0.2) is 249 Å². The molecule has 0 amide bonds. The molecule has 0 fully saturated rings. The Morgan fingerprint density at radius 2 is 1.16 bits per heavy atom. The van der Waals surface area contributed by atoms with Crippen LogP contribution >= 0.6 is 0 Å². The Kier molecular flexibility index (Phi) is 9.13. The molecule has 9 aromatic carbocycles. The molecule has 0 saturated heterocycles. The molecule has 0 bridgehead atoms. The number of aromatic nitrogens is 1. The van der Waals surface area contributed by atoms with Crippen LogP contribution in [0.3, 0.4) is 0 Å². The quantitative estimate of drug-likeness (QED) is 0.132. The predicted molar refractivity (Wildman–Crippen MR) is 263 cm³/mol. The van der Waals surface area contributed by atoms with Crippen LogP contribution in [0.25, 0.3) is 60.5 Å². The maximum Gasteiger partial charge on any atom is 0.0713 e. The highest BCUT2D eigenvalue weighted by molar-refractivity contribution is 6.19. The van der Waals surface area contributed by atoms with E-state index in [0.717, 1.165) is 39.4 Å². The van der Waals surface area contributed by atoms with Crippen LogP contribution in [0, 0.1) is 0 Å². The summed E-state index contributed by atoms with van der Waals surface area (Å²) >= 11 is 0. The zero-order valence-electron chi connectivity index (χ0n) is 34.6. The van der Waals surface area contributed by atoms with Crippen LogP contribution < -0.4 is 4.90 Å². The third-order valence-corrected chi connectivity index (χ3v) is 12.8. The number of nitrogens with zero attached hydrogens (tertiary/aromatic N) is 2. The fourth-order valence-electron chi connectivity index (χ4n) is 10.1. The Balaban J connectivity index is 1.19. The molecule has 0 N–H and O–H groups in total. The summed E-state index contributed by atoms with van der Waals surface area (Å²) in [5.41, 5.74) is 16.1. The van der Waals surface area contributed by atoms with Crippen molar-refractivity contribution in [1.82, 2.24) is 4.57 Å². The summed E-state index contributed by atoms with van der Waals surface area (Å²) in [6.07, 6.45) is 8.19. The molecular weight excluding hydrogens is 749 g/mol. The van der Waals surface area contributed by atoms with E-state index in [1.165, 1.54) is 60.4 Å². The molecule has 2 nitrogen and oxygen atoms in total. The highest BCUT2D eigenvalue weighted by Gasteiger charge is 2.46. The topological polar surface area (TPSA) is 8.17 Å². The largest absolute Gasteiger partial charge is 0.310 e. The van der Waals surface area contributed by atoms with Crippen LogP contribution in [0.4, 0.5) is 11.4 Å². The first-order valence-electron chi connectivity index (χ1n) is 21.4. The lowest BCUT2D eigenvalue weighted by atomic mass is 9.68. The van der Waals surface area contributed by atoms with E-state index in [1.807, 2.05) is 13.0 Å². The van der Waals surface area contributed by atoms with Crippen molar-refractivity contribution >= 4 is 44.0 Å². The van der Waals surface area contributed by atoms with Gasteiger partial charge >= 0.3 is 0 Å². The molecule has 0 unspecified atom stereocenters. The van der Waals surface area contributed by atoms with E-state index in [9.17, 15) is 0 Å². The molecule has 294 valence electrons. The van der Waals surface area contributed by atoms with Gasteiger partial charge in [-0.1, -0.05) is 195 Å². The molecule has 0 radical (unpaired) electrons. The normalized spacial score (nSPS) is 13.1. The summed E-state index contributed by atoms with van der Waals surface area (Å²) in [6, 6.07) is 78.0. The predicted octanol–water partition coefficient (Wildman–Crippen LogP) is 15.8. The maximum absolute atomic E-state index is 4.26. The van der Waals surface area contributed by atoms with E-state index in [-0.39, 0.29) is 0 Å². The van der Waals surface area contributed by atoms with Gasteiger partial charge in [0.05, 0.1) is 22.1 Å². The lowest BCUT2D eigenvalue weighted by molar-refractivity contribution is 0.768. The van der Waals surface area contributed by atoms with Gasteiger partial charge in [0.25, 0.3) is 0 Å². The minimum absolute atomic E-state index is 0.465. The molecule has 1 aliphatic rings. The summed E-state index contributed by atoms with van der Waals surface area (Å²) in [4.78, 5) is 2.30. The van der Waals surface area contributed by atoms with Crippen molar-refractivity contribution in [3.8, 4) is 27.9 Å². The van der Waals surface area contributed by atoms with Gasteiger partial charge in [-0.3, -0.25) is 0 Å². The number of allylic oxidation sites excluding steroid dienone is 4. The zero-order valence-corrected chi connectivity index (χ0v) is 34.6. The molecule has 1 aromatic heterocycles. The van der Waals surface area contributed by atoms with Crippen molar-refractivity contribution in [3.63, 3.8) is 0 Å². The van der Waals surface area contributed by atoms with Crippen LogP contribution in [-0.4, -0.2) is 4.57 Å². The Morgan fingerprint density at radius 1 is 0.532 bits per heavy atom. The minimum Gasteiger partial charge on any atom is -0.310 e. The number of hydrogen-bond acceptors (Lipinski definition) is 1. The second-order valence-corrected chi connectivity index (χ2v) is 16.0. The summed E-state index contributed by atoms with van der Waals surface area (Å²) < 4.78 is 2.52. The molecule has 1 aliphatic carbocycles. The third-order valence-electron chi connectivity index (χ3n) is 12.8. The number of benzene rings is 9. The van der Waals surface area contributed by atoms with E-state index in [0.29, 0.717) is 0 Å². The Bertz CT molecular complexity index is 3330.